The van der Waals surface area contributed by atoms with Gasteiger partial charge in [0.25, 0.3) is 0 Å². The number of aliphatic hydroxyl groups excluding tert-OH is 1. The summed E-state index contributed by atoms with van der Waals surface area (Å²) >= 11 is 0. The minimum Gasteiger partial charge on any atom is -0.392 e. The molecule has 1 heterocycles. The zero-order valence-corrected chi connectivity index (χ0v) is 9.90. The normalized spacial score (nSPS) is 20.3. The van der Waals surface area contributed by atoms with E-state index in [-0.39, 0.29) is 23.7 Å². The fourth-order valence-corrected chi connectivity index (χ4v) is 2.47. The standard InChI is InChI=1S/C13H15F2NO2/c14-11-7-10(12(15)6-9(11)8-18)13-2-1-3-16(13)4-5-17/h5-7,13,18H,1-4,8H2. The van der Waals surface area contributed by atoms with E-state index in [1.165, 1.54) is 0 Å². The van der Waals surface area contributed by atoms with Crippen molar-refractivity contribution in [3.05, 3.63) is 34.9 Å². The molecule has 1 aromatic rings. The molecule has 1 N–H and O–H groups in total. The summed E-state index contributed by atoms with van der Waals surface area (Å²) in [6.07, 6.45) is 2.35. The predicted octanol–water partition coefficient (Wildman–Crippen LogP) is 1.79. The van der Waals surface area contributed by atoms with E-state index in [4.69, 9.17) is 5.11 Å². The van der Waals surface area contributed by atoms with E-state index >= 15 is 0 Å². The van der Waals surface area contributed by atoms with Gasteiger partial charge in [0.2, 0.25) is 0 Å². The average Bonchev–Trinajstić information content (AvgIpc) is 2.80. The first-order valence-corrected chi connectivity index (χ1v) is 5.93. The van der Waals surface area contributed by atoms with Crippen LogP contribution in [0.2, 0.25) is 0 Å². The Morgan fingerprint density at radius 1 is 1.39 bits per heavy atom. The third-order valence-corrected chi connectivity index (χ3v) is 3.37. The molecule has 18 heavy (non-hydrogen) atoms. The molecule has 1 aromatic carbocycles. The fourth-order valence-electron chi connectivity index (χ4n) is 2.47. The highest BCUT2D eigenvalue weighted by Crippen LogP contribution is 2.33. The topological polar surface area (TPSA) is 40.5 Å². The molecule has 1 aliphatic rings. The molecule has 0 spiro atoms. The molecule has 5 heteroatoms. The predicted molar refractivity (Wildman–Crippen MR) is 61.9 cm³/mol. The van der Waals surface area contributed by atoms with Crippen molar-refractivity contribution in [2.45, 2.75) is 25.5 Å². The number of carbonyl (C=O) groups is 1. The van der Waals surface area contributed by atoms with Crippen molar-refractivity contribution >= 4 is 6.29 Å². The van der Waals surface area contributed by atoms with Crippen LogP contribution in [0.4, 0.5) is 8.78 Å². The molecule has 0 saturated carbocycles. The quantitative estimate of drug-likeness (QED) is 0.834. The van der Waals surface area contributed by atoms with Gasteiger partial charge in [0.1, 0.15) is 17.9 Å². The summed E-state index contributed by atoms with van der Waals surface area (Å²) in [5.41, 5.74) is 0.222. The van der Waals surface area contributed by atoms with Gasteiger partial charge in [-0.05, 0) is 31.5 Å². The minimum absolute atomic E-state index is 0.0452. The zero-order valence-electron chi connectivity index (χ0n) is 9.90. The van der Waals surface area contributed by atoms with Gasteiger partial charge in [0.15, 0.2) is 0 Å². The summed E-state index contributed by atoms with van der Waals surface area (Å²) in [4.78, 5) is 12.4. The van der Waals surface area contributed by atoms with Gasteiger partial charge < -0.3 is 9.90 Å². The van der Waals surface area contributed by atoms with E-state index in [2.05, 4.69) is 0 Å². The van der Waals surface area contributed by atoms with Crippen LogP contribution in [0.1, 0.15) is 30.0 Å². The molecule has 1 unspecified atom stereocenters. The highest BCUT2D eigenvalue weighted by Gasteiger charge is 2.28. The molecule has 2 rings (SSSR count). The second kappa shape index (κ2) is 5.54. The molecule has 1 fully saturated rings. The van der Waals surface area contributed by atoms with E-state index in [9.17, 15) is 13.6 Å². The molecular formula is C13H15F2NO2. The third-order valence-electron chi connectivity index (χ3n) is 3.37. The summed E-state index contributed by atoms with van der Waals surface area (Å²) in [6.45, 7) is 0.422. The molecule has 0 bridgehead atoms. The number of aliphatic hydroxyl groups is 1. The smallest absolute Gasteiger partial charge is 0.134 e. The molecule has 1 aliphatic heterocycles. The van der Waals surface area contributed by atoms with Crippen LogP contribution in [0, 0.1) is 11.6 Å². The SMILES string of the molecule is O=CCN1CCCC1c1cc(F)c(CO)cc1F. The Kier molecular flexibility index (Phi) is 4.04. The van der Waals surface area contributed by atoms with Crippen molar-refractivity contribution in [2.75, 3.05) is 13.1 Å². The van der Waals surface area contributed by atoms with E-state index < -0.39 is 18.2 Å². The maximum atomic E-state index is 13.9. The number of rotatable bonds is 4. The van der Waals surface area contributed by atoms with Crippen molar-refractivity contribution in [3.8, 4) is 0 Å². The molecule has 3 nitrogen and oxygen atoms in total. The first-order chi connectivity index (χ1) is 8.67. The van der Waals surface area contributed by atoms with Gasteiger partial charge in [-0.15, -0.1) is 0 Å². The summed E-state index contributed by atoms with van der Waals surface area (Å²) in [6, 6.07) is 1.91. The zero-order chi connectivity index (χ0) is 13.1. The number of aldehydes is 1. The summed E-state index contributed by atoms with van der Waals surface area (Å²) in [7, 11) is 0. The minimum atomic E-state index is -0.605. The summed E-state index contributed by atoms with van der Waals surface area (Å²) < 4.78 is 27.5. The second-order valence-electron chi connectivity index (χ2n) is 4.44. The van der Waals surface area contributed by atoms with Gasteiger partial charge in [-0.2, -0.15) is 0 Å². The lowest BCUT2D eigenvalue weighted by molar-refractivity contribution is -0.109. The number of nitrogens with zero attached hydrogens (tertiary/aromatic N) is 1. The molecular weight excluding hydrogens is 240 g/mol. The maximum Gasteiger partial charge on any atom is 0.134 e. The number of likely N-dealkylation sites (tertiary alicyclic amines) is 1. The van der Waals surface area contributed by atoms with Gasteiger partial charge in [-0.25, -0.2) is 8.78 Å². The lowest BCUT2D eigenvalue weighted by atomic mass is 10.0. The van der Waals surface area contributed by atoms with Gasteiger partial charge >= 0.3 is 0 Å². The van der Waals surface area contributed by atoms with Gasteiger partial charge in [0.05, 0.1) is 13.2 Å². The number of halogens is 2. The molecule has 98 valence electrons. The molecule has 0 amide bonds. The largest absolute Gasteiger partial charge is 0.392 e. The first-order valence-electron chi connectivity index (χ1n) is 5.93. The Morgan fingerprint density at radius 2 is 2.17 bits per heavy atom. The van der Waals surface area contributed by atoms with Gasteiger partial charge in [-0.1, -0.05) is 0 Å². The van der Waals surface area contributed by atoms with E-state index in [0.29, 0.717) is 13.0 Å². The Labute approximate surface area is 104 Å². The number of hydrogen-bond acceptors (Lipinski definition) is 3. The maximum absolute atomic E-state index is 13.9. The van der Waals surface area contributed by atoms with Crippen LogP contribution < -0.4 is 0 Å². The first kappa shape index (κ1) is 13.1. The van der Waals surface area contributed by atoms with Crippen molar-refractivity contribution in [1.29, 1.82) is 0 Å². The third kappa shape index (κ3) is 2.42. The molecule has 1 atom stereocenters. The number of carbonyl (C=O) groups excluding carboxylic acids is 1. The van der Waals surface area contributed by atoms with Crippen LogP contribution in [-0.2, 0) is 11.4 Å². The van der Waals surface area contributed by atoms with E-state index in [1.54, 1.807) is 0 Å². The Morgan fingerprint density at radius 3 is 2.83 bits per heavy atom. The second-order valence-corrected chi connectivity index (χ2v) is 4.44. The molecule has 1 saturated heterocycles. The highest BCUT2D eigenvalue weighted by atomic mass is 19.1. The van der Waals surface area contributed by atoms with Crippen LogP contribution >= 0.6 is 0 Å². The Balaban J connectivity index is 2.32. The van der Waals surface area contributed by atoms with Gasteiger partial charge in [-0.3, -0.25) is 4.90 Å². The van der Waals surface area contributed by atoms with Crippen molar-refractivity contribution in [3.63, 3.8) is 0 Å². The van der Waals surface area contributed by atoms with Crippen LogP contribution in [0.15, 0.2) is 12.1 Å². The van der Waals surface area contributed by atoms with Crippen LogP contribution in [0.3, 0.4) is 0 Å². The van der Waals surface area contributed by atoms with Crippen LogP contribution in [0.5, 0.6) is 0 Å². The summed E-state index contributed by atoms with van der Waals surface area (Å²) in [5, 5.41) is 8.87. The van der Waals surface area contributed by atoms with Crippen molar-refractivity contribution < 1.29 is 18.7 Å². The lowest BCUT2D eigenvalue weighted by Crippen LogP contribution is -2.26. The average molecular weight is 255 g/mol. The summed E-state index contributed by atoms with van der Waals surface area (Å²) in [5.74, 6) is -1.13. The monoisotopic (exact) mass is 255 g/mol. The molecule has 0 radical (unpaired) electrons. The molecule has 0 aromatic heterocycles. The molecule has 0 aliphatic carbocycles. The lowest BCUT2D eigenvalue weighted by Gasteiger charge is -2.23. The van der Waals surface area contributed by atoms with Gasteiger partial charge in [0, 0.05) is 17.2 Å². The Hall–Kier alpha value is -1.33. The highest BCUT2D eigenvalue weighted by molar-refractivity contribution is 5.52. The van der Waals surface area contributed by atoms with Crippen LogP contribution in [0.25, 0.3) is 0 Å². The van der Waals surface area contributed by atoms with E-state index in [0.717, 1.165) is 24.8 Å². The number of hydrogen-bond donors (Lipinski definition) is 1. The van der Waals surface area contributed by atoms with Crippen molar-refractivity contribution in [1.82, 2.24) is 4.90 Å². The van der Waals surface area contributed by atoms with E-state index in [1.807, 2.05) is 4.90 Å². The van der Waals surface area contributed by atoms with Crippen LogP contribution in [-0.4, -0.2) is 29.4 Å². The van der Waals surface area contributed by atoms with Crippen molar-refractivity contribution in [2.24, 2.45) is 0 Å². The fraction of sp³-hybridized carbons (Fsp3) is 0.462. The Bertz CT molecular complexity index is 451. The number of benzene rings is 1.